The van der Waals surface area contributed by atoms with Crippen molar-refractivity contribution in [2.24, 2.45) is 0 Å². The Kier molecular flexibility index (Phi) is 17.2. The number of methoxy groups -OCH3 is 1. The molecule has 0 aliphatic carbocycles. The van der Waals surface area contributed by atoms with Crippen LogP contribution in [0, 0.1) is 0 Å². The number of hydrogen-bond donors (Lipinski definition) is 0. The summed E-state index contributed by atoms with van der Waals surface area (Å²) in [6, 6.07) is 9.68. The molecule has 0 bridgehead atoms. The lowest BCUT2D eigenvalue weighted by atomic mass is 10.2. The summed E-state index contributed by atoms with van der Waals surface area (Å²) in [5, 5.41) is 0. The zero-order chi connectivity index (χ0) is 14.2. The van der Waals surface area contributed by atoms with Gasteiger partial charge in [-0.1, -0.05) is 51.8 Å². The lowest BCUT2D eigenvalue weighted by Gasteiger charge is -2.06. The highest BCUT2D eigenvalue weighted by molar-refractivity contribution is 5.20. The molecule has 2 heteroatoms. The van der Waals surface area contributed by atoms with Crippen molar-refractivity contribution in [2.75, 3.05) is 27.7 Å². The first-order valence-corrected chi connectivity index (χ1v) is 6.94. The topological polar surface area (TPSA) is 12.5 Å². The molecule has 0 aromatic heterocycles. The highest BCUT2D eigenvalue weighted by atomic mass is 16.5. The maximum atomic E-state index is 4.91. The number of rotatable bonds is 5. The molecule has 0 amide bonds. The second-order valence-corrected chi connectivity index (χ2v) is 4.03. The van der Waals surface area contributed by atoms with Gasteiger partial charge in [0, 0.05) is 0 Å². The van der Waals surface area contributed by atoms with E-state index in [2.05, 4.69) is 25.9 Å². The number of unbranched alkanes of at least 4 members (excludes halogenated alkanes) is 2. The van der Waals surface area contributed by atoms with Gasteiger partial charge < -0.3 is 9.64 Å². The number of nitrogens with zero attached hydrogens (tertiary/aromatic N) is 1. The summed E-state index contributed by atoms with van der Waals surface area (Å²) in [6.45, 7) is 7.48. The van der Waals surface area contributed by atoms with Gasteiger partial charge in [-0.05, 0) is 39.2 Å². The van der Waals surface area contributed by atoms with E-state index >= 15 is 0 Å². The van der Waals surface area contributed by atoms with E-state index in [4.69, 9.17) is 4.74 Å². The van der Waals surface area contributed by atoms with E-state index in [0.29, 0.717) is 0 Å². The molecular weight excluding hydrogens is 222 g/mol. The second-order valence-electron chi connectivity index (χ2n) is 4.03. The monoisotopic (exact) mass is 253 g/mol. The minimum absolute atomic E-state index is 0.910. The summed E-state index contributed by atoms with van der Waals surface area (Å²) in [7, 11) is 5.90. The van der Waals surface area contributed by atoms with Crippen molar-refractivity contribution in [1.82, 2.24) is 4.90 Å². The van der Waals surface area contributed by atoms with Crippen molar-refractivity contribution in [3.05, 3.63) is 30.3 Å². The number of ether oxygens (including phenoxy) is 1. The van der Waals surface area contributed by atoms with Gasteiger partial charge >= 0.3 is 0 Å². The molecule has 1 rings (SSSR count). The molecule has 0 spiro atoms. The third kappa shape index (κ3) is 15.0. The quantitative estimate of drug-likeness (QED) is 0.718. The van der Waals surface area contributed by atoms with Crippen LogP contribution >= 0.6 is 0 Å². The minimum atomic E-state index is 0.910. The first-order valence-electron chi connectivity index (χ1n) is 6.94. The van der Waals surface area contributed by atoms with E-state index in [1.165, 1.54) is 25.8 Å². The fourth-order valence-corrected chi connectivity index (χ4v) is 1.23. The molecule has 1 aromatic carbocycles. The van der Waals surface area contributed by atoms with Crippen LogP contribution in [0.4, 0.5) is 0 Å². The molecular formula is C16H31NO. The molecule has 0 saturated carbocycles. The van der Waals surface area contributed by atoms with Crippen LogP contribution in [0.2, 0.25) is 0 Å². The maximum absolute atomic E-state index is 4.91. The summed E-state index contributed by atoms with van der Waals surface area (Å²) in [6.07, 6.45) is 4.05. The minimum Gasteiger partial charge on any atom is -0.497 e. The molecule has 0 N–H and O–H groups in total. The molecule has 0 unspecified atom stereocenters. The number of hydrogen-bond acceptors (Lipinski definition) is 2. The van der Waals surface area contributed by atoms with Crippen molar-refractivity contribution in [2.45, 2.75) is 40.0 Å². The highest BCUT2D eigenvalue weighted by Crippen LogP contribution is 2.05. The third-order valence-electron chi connectivity index (χ3n) is 2.19. The summed E-state index contributed by atoms with van der Waals surface area (Å²) in [4.78, 5) is 2.23. The second kappa shape index (κ2) is 16.0. The fourth-order valence-electron chi connectivity index (χ4n) is 1.23. The van der Waals surface area contributed by atoms with Crippen LogP contribution < -0.4 is 4.74 Å². The van der Waals surface area contributed by atoms with Crippen molar-refractivity contribution in [3.63, 3.8) is 0 Å². The molecule has 0 radical (unpaired) electrons. The average Bonchev–Trinajstić information content (AvgIpc) is 2.43. The van der Waals surface area contributed by atoms with Crippen molar-refractivity contribution in [3.8, 4) is 5.75 Å². The molecule has 0 saturated heterocycles. The van der Waals surface area contributed by atoms with Crippen LogP contribution in [0.25, 0.3) is 0 Å². The SMILES string of the molecule is CC.CCCCCN(C)C.COc1ccccc1. The van der Waals surface area contributed by atoms with E-state index in [0.717, 1.165) is 5.75 Å². The van der Waals surface area contributed by atoms with Crippen LogP contribution in [0.5, 0.6) is 5.75 Å². The maximum Gasteiger partial charge on any atom is 0.118 e. The van der Waals surface area contributed by atoms with Gasteiger partial charge in [0.1, 0.15) is 5.75 Å². The molecule has 2 nitrogen and oxygen atoms in total. The molecule has 1 aromatic rings. The third-order valence-corrected chi connectivity index (χ3v) is 2.19. The van der Waals surface area contributed by atoms with Gasteiger partial charge in [0.05, 0.1) is 7.11 Å². The Hall–Kier alpha value is -1.02. The summed E-state index contributed by atoms with van der Waals surface area (Å²) in [5.41, 5.74) is 0. The van der Waals surface area contributed by atoms with Gasteiger partial charge in [0.15, 0.2) is 0 Å². The lowest BCUT2D eigenvalue weighted by Crippen LogP contribution is -2.12. The Morgan fingerprint density at radius 2 is 1.56 bits per heavy atom. The van der Waals surface area contributed by atoms with Crippen LogP contribution in [-0.4, -0.2) is 32.6 Å². The zero-order valence-corrected chi connectivity index (χ0v) is 13.1. The van der Waals surface area contributed by atoms with Gasteiger partial charge in [0.25, 0.3) is 0 Å². The standard InChI is InChI=1S/C7H17N.C7H8O.C2H6/c1-4-5-6-7-8(2)3;1-8-7-5-3-2-4-6-7;1-2/h4-7H2,1-3H3;2-6H,1H3;1-2H3. The van der Waals surface area contributed by atoms with Crippen LogP contribution in [0.1, 0.15) is 40.0 Å². The van der Waals surface area contributed by atoms with E-state index < -0.39 is 0 Å². The van der Waals surface area contributed by atoms with Gasteiger partial charge in [-0.25, -0.2) is 0 Å². The molecule has 18 heavy (non-hydrogen) atoms. The normalized spacial score (nSPS) is 8.83. The van der Waals surface area contributed by atoms with E-state index in [-0.39, 0.29) is 0 Å². The Balaban J connectivity index is 0. The molecule has 0 aliphatic heterocycles. The Morgan fingerprint density at radius 3 is 1.89 bits per heavy atom. The Labute approximate surface area is 114 Å². The molecule has 106 valence electrons. The average molecular weight is 253 g/mol. The van der Waals surface area contributed by atoms with Gasteiger partial charge in [-0.2, -0.15) is 0 Å². The Morgan fingerprint density at radius 1 is 1.00 bits per heavy atom. The van der Waals surface area contributed by atoms with Crippen molar-refractivity contribution >= 4 is 0 Å². The van der Waals surface area contributed by atoms with Crippen molar-refractivity contribution in [1.29, 1.82) is 0 Å². The summed E-state index contributed by atoms with van der Waals surface area (Å²) in [5.74, 6) is 0.910. The number of benzene rings is 1. The molecule has 0 atom stereocenters. The fraction of sp³-hybridized carbons (Fsp3) is 0.625. The molecule has 0 heterocycles. The summed E-state index contributed by atoms with van der Waals surface area (Å²) < 4.78 is 4.91. The smallest absolute Gasteiger partial charge is 0.118 e. The Bertz CT molecular complexity index is 234. The van der Waals surface area contributed by atoms with Crippen molar-refractivity contribution < 1.29 is 4.74 Å². The number of para-hydroxylation sites is 1. The van der Waals surface area contributed by atoms with Crippen LogP contribution in [0.15, 0.2) is 30.3 Å². The zero-order valence-electron chi connectivity index (χ0n) is 13.1. The predicted octanol–water partition coefficient (Wildman–Crippen LogP) is 4.46. The summed E-state index contributed by atoms with van der Waals surface area (Å²) >= 11 is 0. The predicted molar refractivity (Wildman–Crippen MR) is 82.4 cm³/mol. The van der Waals surface area contributed by atoms with E-state index in [1.807, 2.05) is 44.2 Å². The highest BCUT2D eigenvalue weighted by Gasteiger charge is 1.86. The first-order chi connectivity index (χ1) is 8.70. The molecule has 0 fully saturated rings. The lowest BCUT2D eigenvalue weighted by molar-refractivity contribution is 0.393. The van der Waals surface area contributed by atoms with E-state index in [1.54, 1.807) is 7.11 Å². The van der Waals surface area contributed by atoms with Gasteiger partial charge in [0.2, 0.25) is 0 Å². The van der Waals surface area contributed by atoms with Gasteiger partial charge in [-0.15, -0.1) is 0 Å². The van der Waals surface area contributed by atoms with Crippen LogP contribution in [0.3, 0.4) is 0 Å². The van der Waals surface area contributed by atoms with Crippen LogP contribution in [-0.2, 0) is 0 Å². The van der Waals surface area contributed by atoms with Gasteiger partial charge in [-0.3, -0.25) is 0 Å². The molecule has 0 aliphatic rings. The largest absolute Gasteiger partial charge is 0.497 e. The first kappa shape index (κ1) is 19.3. The van der Waals surface area contributed by atoms with E-state index in [9.17, 15) is 0 Å².